The molecule has 0 unspecified atom stereocenters. The molecule has 0 spiro atoms. The number of nitrogens with zero attached hydrogens (tertiary/aromatic N) is 2. The van der Waals surface area contributed by atoms with Gasteiger partial charge >= 0.3 is 0 Å². The fourth-order valence-electron chi connectivity index (χ4n) is 2.99. The smallest absolute Gasteiger partial charge is 0.145 e. The second kappa shape index (κ2) is 9.96. The molecule has 0 aliphatic carbocycles. The molecule has 0 atom stereocenters. The molecule has 3 aromatic rings. The van der Waals surface area contributed by atoms with E-state index in [1.165, 1.54) is 0 Å². The van der Waals surface area contributed by atoms with Gasteiger partial charge in [0.25, 0.3) is 0 Å². The van der Waals surface area contributed by atoms with Crippen LogP contribution in [0.15, 0.2) is 59.1 Å². The molecule has 0 amide bonds. The quantitative estimate of drug-likeness (QED) is 0.451. The summed E-state index contributed by atoms with van der Waals surface area (Å²) in [5.74, 6) is 2.25. The molecule has 7 heteroatoms. The van der Waals surface area contributed by atoms with Crippen LogP contribution in [0.3, 0.4) is 0 Å². The van der Waals surface area contributed by atoms with Crippen molar-refractivity contribution in [2.24, 2.45) is 0 Å². The van der Waals surface area contributed by atoms with Gasteiger partial charge in [0.1, 0.15) is 22.5 Å². The number of hydrogen-bond acceptors (Lipinski definition) is 5. The van der Waals surface area contributed by atoms with Gasteiger partial charge in [0.15, 0.2) is 0 Å². The van der Waals surface area contributed by atoms with Gasteiger partial charge in [-0.2, -0.15) is 0 Å². The second-order valence-electron chi connectivity index (χ2n) is 6.45. The third kappa shape index (κ3) is 5.41. The maximum Gasteiger partial charge on any atom is 0.145 e. The first kappa shape index (κ1) is 21.4. The highest BCUT2D eigenvalue weighted by atomic mass is 79.9. The molecule has 0 aliphatic rings. The summed E-state index contributed by atoms with van der Waals surface area (Å²) in [6.07, 6.45) is 0. The van der Waals surface area contributed by atoms with Gasteiger partial charge in [0.05, 0.1) is 25.3 Å². The van der Waals surface area contributed by atoms with Crippen molar-refractivity contribution in [1.29, 1.82) is 0 Å². The zero-order valence-corrected chi connectivity index (χ0v) is 18.6. The molecular formula is C22H22BrClN2O3. The van der Waals surface area contributed by atoms with Crippen LogP contribution in [0.5, 0.6) is 11.5 Å². The molecule has 29 heavy (non-hydrogen) atoms. The fraction of sp³-hybridized carbons (Fsp3) is 0.227. The molecule has 1 N–H and O–H groups in total. The third-order valence-electron chi connectivity index (χ3n) is 4.52. The van der Waals surface area contributed by atoms with Gasteiger partial charge in [0.2, 0.25) is 0 Å². The van der Waals surface area contributed by atoms with Crippen molar-refractivity contribution in [3.8, 4) is 11.5 Å². The predicted molar refractivity (Wildman–Crippen MR) is 119 cm³/mol. The Bertz CT molecular complexity index is 900. The Morgan fingerprint density at radius 1 is 0.931 bits per heavy atom. The summed E-state index contributed by atoms with van der Waals surface area (Å²) in [5.41, 5.74) is 2.87. The number of hydrogen-bond donors (Lipinski definition) is 1. The van der Waals surface area contributed by atoms with Crippen molar-refractivity contribution in [1.82, 2.24) is 4.98 Å². The van der Waals surface area contributed by atoms with Crippen molar-refractivity contribution >= 4 is 33.3 Å². The van der Waals surface area contributed by atoms with E-state index < -0.39 is 0 Å². The standard InChI is InChI=1S/C22H22BrClN2O3/c1-28-18-7-3-15(4-8-18)12-26(13-16-5-9-19(29-2)10-6-16)22-17(14-27)11-20(23)21(24)25-22/h3-11,27H,12-14H2,1-2H3. The Kier molecular flexibility index (Phi) is 7.36. The average molecular weight is 478 g/mol. The summed E-state index contributed by atoms with van der Waals surface area (Å²) >= 11 is 9.66. The summed E-state index contributed by atoms with van der Waals surface area (Å²) in [4.78, 5) is 6.63. The van der Waals surface area contributed by atoms with Crippen LogP contribution < -0.4 is 14.4 Å². The largest absolute Gasteiger partial charge is 0.497 e. The minimum atomic E-state index is -0.139. The number of rotatable bonds is 8. The molecule has 0 saturated carbocycles. The maximum atomic E-state index is 9.89. The first-order valence-electron chi connectivity index (χ1n) is 9.00. The molecular weight excluding hydrogens is 456 g/mol. The van der Waals surface area contributed by atoms with E-state index in [0.717, 1.165) is 22.6 Å². The Morgan fingerprint density at radius 2 is 1.41 bits per heavy atom. The summed E-state index contributed by atoms with van der Waals surface area (Å²) in [6.45, 7) is 1.04. The van der Waals surface area contributed by atoms with Crippen molar-refractivity contribution in [3.05, 3.63) is 80.9 Å². The lowest BCUT2D eigenvalue weighted by atomic mass is 10.1. The zero-order valence-electron chi connectivity index (χ0n) is 16.2. The average Bonchev–Trinajstić information content (AvgIpc) is 2.76. The van der Waals surface area contributed by atoms with Crippen LogP contribution in [-0.4, -0.2) is 24.3 Å². The Balaban J connectivity index is 1.96. The Morgan fingerprint density at radius 3 is 1.83 bits per heavy atom. The van der Waals surface area contributed by atoms with Gasteiger partial charge in [-0.1, -0.05) is 35.9 Å². The van der Waals surface area contributed by atoms with E-state index in [2.05, 4.69) is 25.8 Å². The first-order chi connectivity index (χ1) is 14.0. The molecule has 5 nitrogen and oxygen atoms in total. The minimum absolute atomic E-state index is 0.139. The second-order valence-corrected chi connectivity index (χ2v) is 7.67. The highest BCUT2D eigenvalue weighted by Gasteiger charge is 2.17. The topological polar surface area (TPSA) is 54.8 Å². The lowest BCUT2D eigenvalue weighted by Gasteiger charge is -2.26. The minimum Gasteiger partial charge on any atom is -0.497 e. The van der Waals surface area contributed by atoms with E-state index in [1.807, 2.05) is 48.5 Å². The van der Waals surface area contributed by atoms with Crippen molar-refractivity contribution in [3.63, 3.8) is 0 Å². The van der Waals surface area contributed by atoms with Gasteiger partial charge in [0, 0.05) is 18.7 Å². The highest BCUT2D eigenvalue weighted by molar-refractivity contribution is 9.10. The molecule has 3 rings (SSSR count). The first-order valence-corrected chi connectivity index (χ1v) is 10.2. The van der Waals surface area contributed by atoms with Crippen molar-refractivity contribution in [2.45, 2.75) is 19.7 Å². The summed E-state index contributed by atoms with van der Waals surface area (Å²) in [5, 5.41) is 10.2. The normalized spacial score (nSPS) is 10.7. The van der Waals surface area contributed by atoms with Crippen LogP contribution >= 0.6 is 27.5 Å². The number of benzene rings is 2. The molecule has 1 heterocycles. The van der Waals surface area contributed by atoms with Crippen LogP contribution in [0.1, 0.15) is 16.7 Å². The molecule has 0 saturated heterocycles. The number of methoxy groups -OCH3 is 2. The molecule has 0 radical (unpaired) electrons. The number of ether oxygens (including phenoxy) is 2. The number of anilines is 1. The van der Waals surface area contributed by atoms with E-state index >= 15 is 0 Å². The lowest BCUT2D eigenvalue weighted by Crippen LogP contribution is -2.24. The van der Waals surface area contributed by atoms with Crippen LogP contribution in [0.2, 0.25) is 5.15 Å². The molecule has 152 valence electrons. The van der Waals surface area contributed by atoms with Gasteiger partial charge in [-0.3, -0.25) is 0 Å². The van der Waals surface area contributed by atoms with Gasteiger partial charge in [-0.05, 0) is 57.4 Å². The van der Waals surface area contributed by atoms with Crippen LogP contribution in [0, 0.1) is 0 Å². The molecule has 2 aromatic carbocycles. The fourth-order valence-corrected chi connectivity index (χ4v) is 3.49. The number of aliphatic hydroxyl groups excluding tert-OH is 1. The number of aliphatic hydroxyl groups is 1. The zero-order chi connectivity index (χ0) is 20.8. The van der Waals surface area contributed by atoms with E-state index in [4.69, 9.17) is 21.1 Å². The van der Waals surface area contributed by atoms with Crippen LogP contribution in [0.4, 0.5) is 5.82 Å². The summed E-state index contributed by atoms with van der Waals surface area (Å²) in [7, 11) is 3.29. The third-order valence-corrected chi connectivity index (χ3v) is 5.65. The Labute approximate surface area is 184 Å². The SMILES string of the molecule is COc1ccc(CN(Cc2ccc(OC)cc2)c2nc(Cl)c(Br)cc2CO)cc1. The van der Waals surface area contributed by atoms with Crippen LogP contribution in [-0.2, 0) is 19.7 Å². The highest BCUT2D eigenvalue weighted by Crippen LogP contribution is 2.30. The van der Waals surface area contributed by atoms with E-state index in [9.17, 15) is 5.11 Å². The maximum absolute atomic E-state index is 9.89. The lowest BCUT2D eigenvalue weighted by molar-refractivity contribution is 0.281. The van der Waals surface area contributed by atoms with Crippen molar-refractivity contribution < 1.29 is 14.6 Å². The molecule has 0 fully saturated rings. The van der Waals surface area contributed by atoms with Gasteiger partial charge < -0.3 is 19.5 Å². The number of aromatic nitrogens is 1. The Hall–Kier alpha value is -2.28. The van der Waals surface area contributed by atoms with Crippen LogP contribution in [0.25, 0.3) is 0 Å². The van der Waals surface area contributed by atoms with E-state index in [0.29, 0.717) is 34.1 Å². The van der Waals surface area contributed by atoms with Gasteiger partial charge in [-0.15, -0.1) is 0 Å². The molecule has 0 bridgehead atoms. The molecule has 1 aromatic heterocycles. The monoisotopic (exact) mass is 476 g/mol. The van der Waals surface area contributed by atoms with E-state index in [1.54, 1.807) is 20.3 Å². The predicted octanol–water partition coefficient (Wildman–Crippen LogP) is 5.21. The number of halogens is 2. The molecule has 0 aliphatic heterocycles. The summed E-state index contributed by atoms with van der Waals surface area (Å²) in [6, 6.07) is 17.6. The van der Waals surface area contributed by atoms with Crippen molar-refractivity contribution in [2.75, 3.05) is 19.1 Å². The summed E-state index contributed by atoms with van der Waals surface area (Å²) < 4.78 is 11.1. The van der Waals surface area contributed by atoms with E-state index in [-0.39, 0.29) is 6.61 Å². The number of pyridine rings is 1. The van der Waals surface area contributed by atoms with Gasteiger partial charge in [-0.25, -0.2) is 4.98 Å².